The fourth-order valence-electron chi connectivity index (χ4n) is 12.3. The standard InChI is InChI=1S/C81H153NO5/c1-3-5-7-9-11-13-15-17-19-21-39-43-47-51-55-59-63-67-71-75-81(86)87-76-72-68-64-60-56-52-48-44-41-38-36-34-32-30-28-26-24-22-23-25-27-29-31-33-35-37-40-42-46-50-54-58-62-66-70-74-80(85)82-78(77-83)79(84)73-69-65-61-57-53-49-45-20-18-16-14-12-10-8-6-4-2/h11,13,17,19,24,26,69,73,78-79,83-84H,3-10,12,14-16,18,20-23,25,27-68,70-72,74-77H2,1-2H3,(H,82,85)/b13-11-,19-17-,26-24-,73-69+. The van der Waals surface area contributed by atoms with Gasteiger partial charge in [-0.1, -0.05) is 377 Å². The molecule has 2 atom stereocenters. The van der Waals surface area contributed by atoms with E-state index in [1.807, 2.05) is 6.08 Å². The number of carbonyl (C=O) groups excluding carboxylic acids is 2. The Morgan fingerprint density at radius 2 is 0.575 bits per heavy atom. The van der Waals surface area contributed by atoms with Gasteiger partial charge in [-0.05, 0) is 89.9 Å². The molecule has 0 aliphatic carbocycles. The summed E-state index contributed by atoms with van der Waals surface area (Å²) in [5.41, 5.74) is 0. The van der Waals surface area contributed by atoms with Crippen LogP contribution in [0.2, 0.25) is 0 Å². The average molecular weight is 1220 g/mol. The molecule has 6 nitrogen and oxygen atoms in total. The van der Waals surface area contributed by atoms with Crippen molar-refractivity contribution in [3.63, 3.8) is 0 Å². The number of aliphatic hydroxyl groups excluding tert-OH is 2. The number of allylic oxidation sites excluding steroid dienone is 7. The maximum atomic E-state index is 12.5. The SMILES string of the molecule is CCCCC/C=C\C/C=C\CCCCCCCCCCCC(=O)OCCCCCCCCCCCCCCCC/C=C\CCCCCCCCCCCCCCCCCCCC(=O)NC(CO)C(O)/C=C/CCCCCCCCCCCCCCCC. The molecule has 0 radical (unpaired) electrons. The summed E-state index contributed by atoms with van der Waals surface area (Å²) in [5, 5.41) is 23.2. The van der Waals surface area contributed by atoms with Gasteiger partial charge >= 0.3 is 5.97 Å². The Kier molecular flexibility index (Phi) is 74.4. The first kappa shape index (κ1) is 84.8. The largest absolute Gasteiger partial charge is 0.466 e. The van der Waals surface area contributed by atoms with Crippen LogP contribution >= 0.6 is 0 Å². The number of carbonyl (C=O) groups is 2. The second-order valence-corrected chi connectivity index (χ2v) is 27.0. The zero-order chi connectivity index (χ0) is 62.8. The van der Waals surface area contributed by atoms with Crippen LogP contribution < -0.4 is 5.32 Å². The van der Waals surface area contributed by atoms with E-state index in [1.54, 1.807) is 6.08 Å². The summed E-state index contributed by atoms with van der Waals surface area (Å²) >= 11 is 0. The molecule has 2 unspecified atom stereocenters. The van der Waals surface area contributed by atoms with E-state index >= 15 is 0 Å². The quantitative estimate of drug-likeness (QED) is 0.0320. The smallest absolute Gasteiger partial charge is 0.305 e. The van der Waals surface area contributed by atoms with E-state index in [2.05, 4.69) is 55.6 Å². The van der Waals surface area contributed by atoms with Crippen molar-refractivity contribution in [1.82, 2.24) is 5.32 Å². The Morgan fingerprint density at radius 1 is 0.322 bits per heavy atom. The van der Waals surface area contributed by atoms with Gasteiger partial charge in [0.2, 0.25) is 5.91 Å². The average Bonchev–Trinajstić information content (AvgIpc) is 3.53. The van der Waals surface area contributed by atoms with E-state index < -0.39 is 12.1 Å². The van der Waals surface area contributed by atoms with Gasteiger partial charge < -0.3 is 20.3 Å². The molecule has 87 heavy (non-hydrogen) atoms. The molecule has 0 aromatic rings. The number of esters is 1. The molecular weight excluding hydrogens is 1070 g/mol. The summed E-state index contributed by atoms with van der Waals surface area (Å²) in [4.78, 5) is 24.6. The van der Waals surface area contributed by atoms with Gasteiger partial charge in [0.15, 0.2) is 0 Å². The number of aliphatic hydroxyl groups is 2. The zero-order valence-corrected chi connectivity index (χ0v) is 58.8. The molecule has 0 heterocycles. The fraction of sp³-hybridized carbons (Fsp3) is 0.877. The number of hydrogen-bond donors (Lipinski definition) is 3. The molecule has 0 fully saturated rings. The Bertz CT molecular complexity index is 1450. The van der Waals surface area contributed by atoms with E-state index in [9.17, 15) is 19.8 Å². The maximum absolute atomic E-state index is 12.5. The lowest BCUT2D eigenvalue weighted by atomic mass is 10.0. The summed E-state index contributed by atoms with van der Waals surface area (Å²) in [7, 11) is 0. The van der Waals surface area contributed by atoms with Crippen molar-refractivity contribution >= 4 is 11.9 Å². The molecule has 0 rings (SSSR count). The van der Waals surface area contributed by atoms with Crippen molar-refractivity contribution in [2.24, 2.45) is 0 Å². The van der Waals surface area contributed by atoms with Crippen molar-refractivity contribution in [3.8, 4) is 0 Å². The summed E-state index contributed by atoms with van der Waals surface area (Å²) in [6, 6.07) is -0.626. The van der Waals surface area contributed by atoms with Gasteiger partial charge in [-0.15, -0.1) is 0 Å². The van der Waals surface area contributed by atoms with Crippen LogP contribution in [0.5, 0.6) is 0 Å². The number of hydrogen-bond acceptors (Lipinski definition) is 5. The van der Waals surface area contributed by atoms with E-state index in [4.69, 9.17) is 4.74 Å². The fourth-order valence-corrected chi connectivity index (χ4v) is 12.3. The summed E-state index contributed by atoms with van der Waals surface area (Å²) < 4.78 is 5.51. The third-order valence-electron chi connectivity index (χ3n) is 18.3. The molecular formula is C81H153NO5. The first-order valence-electron chi connectivity index (χ1n) is 39.4. The molecule has 0 spiro atoms. The number of rotatable bonds is 74. The van der Waals surface area contributed by atoms with Gasteiger partial charge in [0.25, 0.3) is 0 Å². The molecule has 0 aliphatic heterocycles. The third kappa shape index (κ3) is 72.8. The Balaban J connectivity index is 3.34. The topological polar surface area (TPSA) is 95.9 Å². The van der Waals surface area contributed by atoms with Crippen LogP contribution in [0.4, 0.5) is 0 Å². The van der Waals surface area contributed by atoms with Crippen LogP contribution in [0.25, 0.3) is 0 Å². The normalized spacial score (nSPS) is 12.7. The molecule has 0 aliphatic rings. The number of unbranched alkanes of at least 4 members (excludes halogenated alkanes) is 57. The van der Waals surface area contributed by atoms with Crippen LogP contribution in [0.3, 0.4) is 0 Å². The second kappa shape index (κ2) is 76.3. The monoisotopic (exact) mass is 1220 g/mol. The van der Waals surface area contributed by atoms with Crippen LogP contribution in [-0.2, 0) is 14.3 Å². The summed E-state index contributed by atoms with van der Waals surface area (Å²) in [6.07, 6.45) is 101. The lowest BCUT2D eigenvalue weighted by Gasteiger charge is -2.20. The number of amides is 1. The molecule has 3 N–H and O–H groups in total. The zero-order valence-electron chi connectivity index (χ0n) is 58.8. The van der Waals surface area contributed by atoms with Gasteiger partial charge in [-0.2, -0.15) is 0 Å². The molecule has 512 valence electrons. The van der Waals surface area contributed by atoms with Crippen molar-refractivity contribution in [1.29, 1.82) is 0 Å². The van der Waals surface area contributed by atoms with Gasteiger partial charge in [0.1, 0.15) is 0 Å². The molecule has 6 heteroatoms. The Hall–Kier alpha value is -2.18. The summed E-state index contributed by atoms with van der Waals surface area (Å²) in [5.74, 6) is -0.0450. The number of ether oxygens (including phenoxy) is 1. The molecule has 0 aromatic carbocycles. The van der Waals surface area contributed by atoms with Gasteiger partial charge in [0.05, 0.1) is 25.4 Å². The summed E-state index contributed by atoms with van der Waals surface area (Å²) in [6.45, 7) is 4.92. The van der Waals surface area contributed by atoms with Crippen LogP contribution in [-0.4, -0.2) is 47.4 Å². The number of nitrogens with one attached hydrogen (secondary N) is 1. The predicted molar refractivity (Wildman–Crippen MR) is 384 cm³/mol. The third-order valence-corrected chi connectivity index (χ3v) is 18.3. The van der Waals surface area contributed by atoms with Crippen molar-refractivity contribution in [3.05, 3.63) is 48.6 Å². The highest BCUT2D eigenvalue weighted by atomic mass is 16.5. The second-order valence-electron chi connectivity index (χ2n) is 27.0. The highest BCUT2D eigenvalue weighted by molar-refractivity contribution is 5.76. The van der Waals surface area contributed by atoms with E-state index in [0.29, 0.717) is 19.4 Å². The van der Waals surface area contributed by atoms with Crippen LogP contribution in [0.15, 0.2) is 48.6 Å². The van der Waals surface area contributed by atoms with E-state index in [0.717, 1.165) is 51.4 Å². The van der Waals surface area contributed by atoms with Gasteiger partial charge in [-0.3, -0.25) is 9.59 Å². The minimum absolute atomic E-state index is 0.0166. The van der Waals surface area contributed by atoms with Crippen molar-refractivity contribution in [2.45, 2.75) is 443 Å². The Morgan fingerprint density at radius 3 is 0.908 bits per heavy atom. The molecule has 0 saturated heterocycles. The predicted octanol–water partition coefficient (Wildman–Crippen LogP) is 26.0. The molecule has 0 saturated carbocycles. The van der Waals surface area contributed by atoms with E-state index in [-0.39, 0.29) is 18.5 Å². The highest BCUT2D eigenvalue weighted by Gasteiger charge is 2.18. The lowest BCUT2D eigenvalue weighted by Crippen LogP contribution is -2.45. The molecule has 1 amide bonds. The minimum Gasteiger partial charge on any atom is -0.466 e. The van der Waals surface area contributed by atoms with Crippen molar-refractivity contribution in [2.75, 3.05) is 13.2 Å². The molecule has 0 aromatic heterocycles. The van der Waals surface area contributed by atoms with Crippen molar-refractivity contribution < 1.29 is 24.5 Å². The lowest BCUT2D eigenvalue weighted by molar-refractivity contribution is -0.143. The highest BCUT2D eigenvalue weighted by Crippen LogP contribution is 2.19. The molecule has 0 bridgehead atoms. The van der Waals surface area contributed by atoms with Crippen LogP contribution in [0, 0.1) is 0 Å². The van der Waals surface area contributed by atoms with Crippen LogP contribution in [0.1, 0.15) is 431 Å². The van der Waals surface area contributed by atoms with Gasteiger partial charge in [-0.25, -0.2) is 0 Å². The Labute approximate surface area is 544 Å². The first-order valence-corrected chi connectivity index (χ1v) is 39.4. The minimum atomic E-state index is -0.842. The maximum Gasteiger partial charge on any atom is 0.305 e. The first-order chi connectivity index (χ1) is 43.0. The van der Waals surface area contributed by atoms with E-state index in [1.165, 1.54) is 353 Å². The van der Waals surface area contributed by atoms with Gasteiger partial charge in [0, 0.05) is 12.8 Å².